The van der Waals surface area contributed by atoms with E-state index in [9.17, 15) is 27.7 Å². The van der Waals surface area contributed by atoms with Gasteiger partial charge in [-0.2, -0.15) is 4.31 Å². The van der Waals surface area contributed by atoms with Gasteiger partial charge in [0.25, 0.3) is 11.6 Å². The lowest BCUT2D eigenvalue weighted by Crippen LogP contribution is -2.36. The molecule has 1 fully saturated rings. The Morgan fingerprint density at radius 2 is 1.82 bits per heavy atom. The number of rotatable bonds is 7. The van der Waals surface area contributed by atoms with E-state index >= 15 is 0 Å². The molecule has 1 aliphatic heterocycles. The number of nitrogens with zero attached hydrogens (tertiary/aromatic N) is 4. The summed E-state index contributed by atoms with van der Waals surface area (Å²) in [5.41, 5.74) is 0.187. The summed E-state index contributed by atoms with van der Waals surface area (Å²) in [4.78, 5) is 22.1. The second-order valence-corrected chi connectivity index (χ2v) is 9.40. The average molecular weight is 490 g/mol. The van der Waals surface area contributed by atoms with Crippen molar-refractivity contribution >= 4 is 21.7 Å². The predicted octanol–water partition coefficient (Wildman–Crippen LogP) is 3.32. The lowest BCUT2D eigenvalue weighted by Gasteiger charge is -2.26. The lowest BCUT2D eigenvalue weighted by molar-refractivity contribution is -0.384. The minimum atomic E-state index is -4.08. The van der Waals surface area contributed by atoms with E-state index < -0.39 is 38.2 Å². The van der Waals surface area contributed by atoms with Gasteiger partial charge in [-0.25, -0.2) is 17.6 Å². The van der Waals surface area contributed by atoms with Gasteiger partial charge in [-0.15, -0.1) is 10.2 Å². The zero-order valence-corrected chi connectivity index (χ0v) is 18.5. The normalized spacial score (nSPS) is 14.6. The number of nitro benzene ring substituents is 1. The molecule has 34 heavy (non-hydrogen) atoms. The van der Waals surface area contributed by atoms with Gasteiger partial charge < -0.3 is 9.15 Å². The van der Waals surface area contributed by atoms with Crippen molar-refractivity contribution in [3.8, 4) is 11.5 Å². The number of carbonyl (C=O) groups is 1. The number of nitro groups is 1. The first kappa shape index (κ1) is 23.4. The number of hydrogen-bond donors (Lipinski definition) is 0. The molecule has 1 aliphatic rings. The topological polar surface area (TPSA) is 146 Å². The molecule has 0 unspecified atom stereocenters. The van der Waals surface area contributed by atoms with Crippen LogP contribution in [0.5, 0.6) is 0 Å². The van der Waals surface area contributed by atoms with Crippen LogP contribution in [-0.2, 0) is 21.4 Å². The lowest BCUT2D eigenvalue weighted by atomic mass is 10.2. The number of non-ortho nitro benzene ring substituents is 1. The van der Waals surface area contributed by atoms with Gasteiger partial charge in [0.2, 0.25) is 15.9 Å². The SMILES string of the molecule is O=C(OCc1nnc(-c2ccc([N+](=O)[O-])cc2)o1)c1ccc(F)c(S(=O)(=O)N2CCCCC2)c1. The third kappa shape index (κ3) is 4.94. The quantitative estimate of drug-likeness (QED) is 0.276. The minimum Gasteiger partial charge on any atom is -0.452 e. The number of halogens is 1. The molecular formula is C21H19FN4O7S. The number of piperidine rings is 1. The number of benzene rings is 2. The van der Waals surface area contributed by atoms with Gasteiger partial charge >= 0.3 is 5.97 Å². The summed E-state index contributed by atoms with van der Waals surface area (Å²) in [5.74, 6) is -1.83. The molecule has 0 bridgehead atoms. The number of carbonyl (C=O) groups excluding carboxylic acids is 1. The smallest absolute Gasteiger partial charge is 0.338 e. The fourth-order valence-corrected chi connectivity index (χ4v) is 5.04. The Balaban J connectivity index is 1.44. The Hall–Kier alpha value is -3.71. The Kier molecular flexibility index (Phi) is 6.65. The van der Waals surface area contributed by atoms with E-state index in [0.29, 0.717) is 31.5 Å². The molecule has 13 heteroatoms. The largest absolute Gasteiger partial charge is 0.452 e. The van der Waals surface area contributed by atoms with E-state index in [4.69, 9.17) is 9.15 Å². The third-order valence-electron chi connectivity index (χ3n) is 5.22. The standard InChI is InChI=1S/C21H19FN4O7S/c22-17-9-6-15(12-18(17)34(30,31)25-10-2-1-3-11-25)21(27)32-13-19-23-24-20(33-19)14-4-7-16(8-5-14)26(28)29/h4-9,12H,1-3,10-11,13H2. The van der Waals surface area contributed by atoms with Crippen molar-refractivity contribution in [2.24, 2.45) is 0 Å². The van der Waals surface area contributed by atoms with Gasteiger partial charge in [-0.1, -0.05) is 6.42 Å². The van der Waals surface area contributed by atoms with E-state index in [-0.39, 0.29) is 23.0 Å². The van der Waals surface area contributed by atoms with Crippen molar-refractivity contribution in [3.05, 3.63) is 69.9 Å². The van der Waals surface area contributed by atoms with Crippen LogP contribution in [0.4, 0.5) is 10.1 Å². The summed E-state index contributed by atoms with van der Waals surface area (Å²) in [6.45, 7) is 0.180. The van der Waals surface area contributed by atoms with Crippen LogP contribution in [-0.4, -0.2) is 46.9 Å². The zero-order chi connectivity index (χ0) is 24.3. The molecule has 4 rings (SSSR count). The molecular weight excluding hydrogens is 471 g/mol. The van der Waals surface area contributed by atoms with Crippen molar-refractivity contribution in [2.45, 2.75) is 30.8 Å². The number of ether oxygens (including phenoxy) is 1. The highest BCUT2D eigenvalue weighted by atomic mass is 32.2. The summed E-state index contributed by atoms with van der Waals surface area (Å²) < 4.78 is 51.7. The molecule has 11 nitrogen and oxygen atoms in total. The molecule has 0 aliphatic carbocycles. The van der Waals surface area contributed by atoms with Crippen LogP contribution in [0.3, 0.4) is 0 Å². The van der Waals surface area contributed by atoms with Crippen LogP contribution in [0.25, 0.3) is 11.5 Å². The van der Waals surface area contributed by atoms with Crippen LogP contribution >= 0.6 is 0 Å². The molecule has 0 amide bonds. The van der Waals surface area contributed by atoms with Crippen LogP contribution < -0.4 is 0 Å². The van der Waals surface area contributed by atoms with E-state index in [1.165, 1.54) is 28.6 Å². The molecule has 1 saturated heterocycles. The van der Waals surface area contributed by atoms with Gasteiger partial charge in [-0.3, -0.25) is 10.1 Å². The van der Waals surface area contributed by atoms with Crippen molar-refractivity contribution in [2.75, 3.05) is 13.1 Å². The highest BCUT2D eigenvalue weighted by Crippen LogP contribution is 2.25. The van der Waals surface area contributed by atoms with Gasteiger partial charge in [0.05, 0.1) is 10.5 Å². The van der Waals surface area contributed by atoms with E-state index in [2.05, 4.69) is 10.2 Å². The van der Waals surface area contributed by atoms with Crippen LogP contribution in [0.2, 0.25) is 0 Å². The maximum absolute atomic E-state index is 14.3. The van der Waals surface area contributed by atoms with Gasteiger partial charge in [0.1, 0.15) is 10.7 Å². The van der Waals surface area contributed by atoms with Gasteiger partial charge in [0.15, 0.2) is 6.61 Å². The number of sulfonamides is 1. The molecule has 0 spiro atoms. The fourth-order valence-electron chi connectivity index (χ4n) is 3.44. The number of esters is 1. The van der Waals surface area contributed by atoms with E-state index in [1.807, 2.05) is 0 Å². The second-order valence-electron chi connectivity index (χ2n) is 7.49. The van der Waals surface area contributed by atoms with Gasteiger partial charge in [-0.05, 0) is 43.2 Å². The maximum atomic E-state index is 14.3. The van der Waals surface area contributed by atoms with Crippen molar-refractivity contribution < 1.29 is 31.7 Å². The third-order valence-corrected chi connectivity index (χ3v) is 7.13. The molecule has 0 atom stereocenters. The summed E-state index contributed by atoms with van der Waals surface area (Å²) in [6, 6.07) is 8.43. The first-order chi connectivity index (χ1) is 16.3. The minimum absolute atomic E-state index is 0.0509. The number of hydrogen-bond acceptors (Lipinski definition) is 9. The molecule has 0 radical (unpaired) electrons. The molecule has 1 aromatic heterocycles. The summed E-state index contributed by atoms with van der Waals surface area (Å²) >= 11 is 0. The van der Waals surface area contributed by atoms with Crippen LogP contribution in [0, 0.1) is 15.9 Å². The van der Waals surface area contributed by atoms with Crippen molar-refractivity contribution in [1.82, 2.24) is 14.5 Å². The van der Waals surface area contributed by atoms with Crippen LogP contribution in [0.1, 0.15) is 35.5 Å². The van der Waals surface area contributed by atoms with Crippen LogP contribution in [0.15, 0.2) is 51.8 Å². The Labute approximate surface area is 193 Å². The predicted molar refractivity (Wildman–Crippen MR) is 115 cm³/mol. The molecule has 2 heterocycles. The second kappa shape index (κ2) is 9.65. The van der Waals surface area contributed by atoms with Crippen molar-refractivity contribution in [1.29, 1.82) is 0 Å². The Morgan fingerprint density at radius 3 is 2.50 bits per heavy atom. The Morgan fingerprint density at radius 1 is 1.12 bits per heavy atom. The van der Waals surface area contributed by atoms with Crippen molar-refractivity contribution in [3.63, 3.8) is 0 Å². The first-order valence-corrected chi connectivity index (χ1v) is 11.7. The Bertz CT molecular complexity index is 1320. The summed E-state index contributed by atoms with van der Waals surface area (Å²) in [6.07, 6.45) is 2.28. The molecule has 0 N–H and O–H groups in total. The van der Waals surface area contributed by atoms with E-state index in [0.717, 1.165) is 24.6 Å². The molecule has 0 saturated carbocycles. The summed E-state index contributed by atoms with van der Waals surface area (Å²) in [7, 11) is -4.08. The maximum Gasteiger partial charge on any atom is 0.338 e. The highest BCUT2D eigenvalue weighted by molar-refractivity contribution is 7.89. The fraction of sp³-hybridized carbons (Fsp3) is 0.286. The highest BCUT2D eigenvalue weighted by Gasteiger charge is 2.29. The first-order valence-electron chi connectivity index (χ1n) is 10.3. The molecule has 3 aromatic rings. The zero-order valence-electron chi connectivity index (χ0n) is 17.7. The van der Waals surface area contributed by atoms with E-state index in [1.54, 1.807) is 0 Å². The number of aromatic nitrogens is 2. The summed E-state index contributed by atoms with van der Waals surface area (Å²) in [5, 5.41) is 18.3. The average Bonchev–Trinajstić information content (AvgIpc) is 3.32. The monoisotopic (exact) mass is 490 g/mol. The van der Waals surface area contributed by atoms with Gasteiger partial charge in [0, 0.05) is 30.8 Å². The molecule has 178 valence electrons. The molecule has 2 aromatic carbocycles.